The van der Waals surface area contributed by atoms with Crippen LogP contribution >= 0.6 is 0 Å². The number of hydrogen-bond acceptors (Lipinski definition) is 2. The molecule has 2 unspecified atom stereocenters. The van der Waals surface area contributed by atoms with Crippen LogP contribution in [-0.4, -0.2) is 29.1 Å². The van der Waals surface area contributed by atoms with E-state index in [1.807, 2.05) is 18.2 Å². The Morgan fingerprint density at radius 1 is 1.10 bits per heavy atom. The Hall–Kier alpha value is -1.71. The van der Waals surface area contributed by atoms with E-state index in [4.69, 9.17) is 0 Å². The van der Waals surface area contributed by atoms with Crippen molar-refractivity contribution >= 4 is 0 Å². The van der Waals surface area contributed by atoms with Crippen LogP contribution in [0.3, 0.4) is 0 Å². The summed E-state index contributed by atoms with van der Waals surface area (Å²) in [7, 11) is 0. The maximum atomic E-state index is 12.9. The van der Waals surface area contributed by atoms with E-state index in [9.17, 15) is 9.50 Å². The van der Waals surface area contributed by atoms with Crippen molar-refractivity contribution in [1.82, 2.24) is 4.90 Å². The van der Waals surface area contributed by atoms with Gasteiger partial charge in [-0.1, -0.05) is 42.5 Å². The average molecular weight is 271 g/mol. The van der Waals surface area contributed by atoms with Gasteiger partial charge >= 0.3 is 0 Å². The monoisotopic (exact) mass is 271 g/mol. The Labute approximate surface area is 118 Å². The lowest BCUT2D eigenvalue weighted by Gasteiger charge is -2.11. The Bertz CT molecular complexity index is 555. The summed E-state index contributed by atoms with van der Waals surface area (Å²) in [6.45, 7) is 1.86. The van der Waals surface area contributed by atoms with E-state index in [0.717, 1.165) is 25.1 Å². The third-order valence-corrected chi connectivity index (χ3v) is 3.86. The molecule has 1 aliphatic heterocycles. The van der Waals surface area contributed by atoms with Crippen LogP contribution in [0.15, 0.2) is 54.6 Å². The van der Waals surface area contributed by atoms with Crippen LogP contribution in [0.25, 0.3) is 0 Å². The second-order valence-corrected chi connectivity index (χ2v) is 5.29. The molecule has 1 saturated heterocycles. The van der Waals surface area contributed by atoms with Gasteiger partial charge in [0.1, 0.15) is 5.82 Å². The van der Waals surface area contributed by atoms with Crippen LogP contribution in [0, 0.1) is 5.82 Å². The second kappa shape index (κ2) is 5.73. The molecule has 0 radical (unpaired) electrons. The molecule has 0 bridgehead atoms. The lowest BCUT2D eigenvalue weighted by molar-refractivity contribution is 0.158. The molecule has 104 valence electrons. The van der Waals surface area contributed by atoms with E-state index in [1.165, 1.54) is 17.7 Å². The summed E-state index contributed by atoms with van der Waals surface area (Å²) in [6.07, 6.45) is 0.472. The molecule has 0 aromatic heterocycles. The van der Waals surface area contributed by atoms with Gasteiger partial charge in [0.05, 0.1) is 12.1 Å². The Morgan fingerprint density at radius 3 is 2.50 bits per heavy atom. The molecule has 0 aliphatic carbocycles. The molecule has 2 aromatic rings. The van der Waals surface area contributed by atoms with Gasteiger partial charge in [-0.25, -0.2) is 4.39 Å². The number of nitrogens with zero attached hydrogens (tertiary/aromatic N) is 1. The lowest BCUT2D eigenvalue weighted by atomic mass is 10.1. The zero-order chi connectivity index (χ0) is 13.9. The molecule has 1 fully saturated rings. The van der Waals surface area contributed by atoms with Crippen LogP contribution in [0.2, 0.25) is 0 Å². The van der Waals surface area contributed by atoms with E-state index >= 15 is 0 Å². The maximum absolute atomic E-state index is 12.9. The van der Waals surface area contributed by atoms with Gasteiger partial charge in [-0.15, -0.1) is 0 Å². The first-order valence-corrected chi connectivity index (χ1v) is 6.95. The molecular weight excluding hydrogens is 253 g/mol. The number of aliphatic hydroxyl groups is 1. The first kappa shape index (κ1) is 13.3. The molecule has 0 amide bonds. The summed E-state index contributed by atoms with van der Waals surface area (Å²) in [5.74, 6) is -0.266. The molecule has 3 rings (SSSR count). The standard InChI is InChI=1S/C17H18FNO/c18-15-8-6-14(7-9-15)17(20)16-12-19(16)11-10-13-4-2-1-3-5-13/h1-9,16-17,20H,10-12H2/t16-,17?,19?/m0/s1. The Morgan fingerprint density at radius 2 is 1.80 bits per heavy atom. The van der Waals surface area contributed by atoms with Gasteiger partial charge in [-0.05, 0) is 29.7 Å². The van der Waals surface area contributed by atoms with Gasteiger partial charge in [-0.2, -0.15) is 0 Å². The minimum atomic E-state index is -0.522. The van der Waals surface area contributed by atoms with Crippen molar-refractivity contribution in [2.45, 2.75) is 18.6 Å². The van der Waals surface area contributed by atoms with E-state index < -0.39 is 6.10 Å². The largest absolute Gasteiger partial charge is 0.387 e. The van der Waals surface area contributed by atoms with Crippen LogP contribution < -0.4 is 0 Å². The summed E-state index contributed by atoms with van der Waals surface area (Å²) >= 11 is 0. The van der Waals surface area contributed by atoms with Gasteiger partial charge in [-0.3, -0.25) is 4.90 Å². The Balaban J connectivity index is 1.52. The van der Waals surface area contributed by atoms with Crippen LogP contribution in [-0.2, 0) is 6.42 Å². The lowest BCUT2D eigenvalue weighted by Crippen LogP contribution is -2.13. The smallest absolute Gasteiger partial charge is 0.123 e. The molecule has 3 heteroatoms. The predicted octanol–water partition coefficient (Wildman–Crippen LogP) is 2.79. The number of hydrogen-bond donors (Lipinski definition) is 1. The minimum Gasteiger partial charge on any atom is -0.387 e. The normalized spacial score (nSPS) is 22.5. The second-order valence-electron chi connectivity index (χ2n) is 5.29. The molecule has 0 spiro atoms. The van der Waals surface area contributed by atoms with E-state index in [2.05, 4.69) is 17.0 Å². The fourth-order valence-corrected chi connectivity index (χ4v) is 2.55. The molecule has 2 nitrogen and oxygen atoms in total. The van der Waals surface area contributed by atoms with Gasteiger partial charge < -0.3 is 5.11 Å². The molecule has 1 heterocycles. The number of benzene rings is 2. The molecule has 0 saturated carbocycles. The topological polar surface area (TPSA) is 23.2 Å². The average Bonchev–Trinajstić information content (AvgIpc) is 3.26. The molecule has 1 aliphatic rings. The predicted molar refractivity (Wildman–Crippen MR) is 76.9 cm³/mol. The highest BCUT2D eigenvalue weighted by Crippen LogP contribution is 2.31. The van der Waals surface area contributed by atoms with Gasteiger partial charge in [0.2, 0.25) is 0 Å². The number of rotatable bonds is 5. The van der Waals surface area contributed by atoms with Crippen LogP contribution in [0.5, 0.6) is 0 Å². The van der Waals surface area contributed by atoms with Gasteiger partial charge in [0.15, 0.2) is 0 Å². The zero-order valence-corrected chi connectivity index (χ0v) is 11.2. The van der Waals surface area contributed by atoms with Crippen molar-refractivity contribution in [1.29, 1.82) is 0 Å². The fraction of sp³-hybridized carbons (Fsp3) is 0.294. The maximum Gasteiger partial charge on any atom is 0.123 e. The van der Waals surface area contributed by atoms with Gasteiger partial charge in [0, 0.05) is 13.1 Å². The minimum absolute atomic E-state index is 0.171. The van der Waals surface area contributed by atoms with Crippen molar-refractivity contribution < 1.29 is 9.50 Å². The third kappa shape index (κ3) is 3.06. The summed E-state index contributed by atoms with van der Waals surface area (Å²) in [6, 6.07) is 16.6. The first-order valence-electron chi connectivity index (χ1n) is 6.95. The summed E-state index contributed by atoms with van der Waals surface area (Å²) in [5.41, 5.74) is 2.10. The van der Waals surface area contributed by atoms with Crippen LogP contribution in [0.4, 0.5) is 4.39 Å². The van der Waals surface area contributed by atoms with Crippen molar-refractivity contribution in [3.8, 4) is 0 Å². The highest BCUT2D eigenvalue weighted by atomic mass is 19.1. The van der Waals surface area contributed by atoms with Crippen molar-refractivity contribution in [2.75, 3.05) is 13.1 Å². The van der Waals surface area contributed by atoms with Crippen molar-refractivity contribution in [3.05, 3.63) is 71.5 Å². The molecule has 20 heavy (non-hydrogen) atoms. The van der Waals surface area contributed by atoms with E-state index in [1.54, 1.807) is 12.1 Å². The first-order chi connectivity index (χ1) is 9.74. The number of halogens is 1. The fourth-order valence-electron chi connectivity index (χ4n) is 2.55. The zero-order valence-electron chi connectivity index (χ0n) is 11.2. The van der Waals surface area contributed by atoms with Crippen molar-refractivity contribution in [2.24, 2.45) is 0 Å². The third-order valence-electron chi connectivity index (χ3n) is 3.86. The highest BCUT2D eigenvalue weighted by Gasteiger charge is 2.39. The van der Waals surface area contributed by atoms with E-state index in [0.29, 0.717) is 0 Å². The summed E-state index contributed by atoms with van der Waals surface area (Å²) in [5, 5.41) is 10.3. The quantitative estimate of drug-likeness (QED) is 0.845. The Kier molecular flexibility index (Phi) is 3.81. The molecular formula is C17H18FNO. The SMILES string of the molecule is OC(c1ccc(F)cc1)[C@@H]1CN1CCc1ccccc1. The molecule has 1 N–H and O–H groups in total. The van der Waals surface area contributed by atoms with Gasteiger partial charge in [0.25, 0.3) is 0 Å². The van der Waals surface area contributed by atoms with E-state index in [-0.39, 0.29) is 11.9 Å². The summed E-state index contributed by atoms with van der Waals surface area (Å²) < 4.78 is 12.9. The summed E-state index contributed by atoms with van der Waals surface area (Å²) in [4.78, 5) is 2.25. The number of aliphatic hydroxyl groups excluding tert-OH is 1. The molecule has 2 aromatic carbocycles. The highest BCUT2D eigenvalue weighted by molar-refractivity contribution is 5.22. The molecule has 3 atom stereocenters. The van der Waals surface area contributed by atoms with Crippen LogP contribution in [0.1, 0.15) is 17.2 Å². The van der Waals surface area contributed by atoms with Crippen molar-refractivity contribution in [3.63, 3.8) is 0 Å².